The predicted molar refractivity (Wildman–Crippen MR) is 77.3 cm³/mol. The van der Waals surface area contributed by atoms with Gasteiger partial charge in [-0.05, 0) is 32.0 Å². The number of ether oxygens (including phenoxy) is 1. The number of aliphatic hydroxyl groups is 1. The van der Waals surface area contributed by atoms with Crippen molar-refractivity contribution < 1.29 is 14.2 Å². The van der Waals surface area contributed by atoms with Gasteiger partial charge in [0.05, 0.1) is 13.3 Å². The van der Waals surface area contributed by atoms with Crippen LogP contribution in [0.25, 0.3) is 0 Å². The van der Waals surface area contributed by atoms with Crippen LogP contribution >= 0.6 is 15.9 Å². The number of aliphatic hydroxyl groups excluding tert-OH is 1. The third kappa shape index (κ3) is 2.71. The highest BCUT2D eigenvalue weighted by Gasteiger charge is 2.25. The lowest BCUT2D eigenvalue weighted by molar-refractivity contribution is 0.195. The summed E-state index contributed by atoms with van der Waals surface area (Å²) in [5.41, 5.74) is 0.625. The molecule has 2 aromatic rings. The number of hydrogen-bond acceptors (Lipinski definition) is 3. The van der Waals surface area contributed by atoms with E-state index < -0.39 is 11.9 Å². The summed E-state index contributed by atoms with van der Waals surface area (Å²) in [7, 11) is 1.50. The Kier molecular flexibility index (Phi) is 4.45. The molecule has 0 bridgehead atoms. The number of benzene rings is 1. The van der Waals surface area contributed by atoms with Gasteiger partial charge in [0.25, 0.3) is 0 Å². The Bertz CT molecular complexity index is 613. The maximum absolute atomic E-state index is 13.9. The summed E-state index contributed by atoms with van der Waals surface area (Å²) >= 11 is 3.28. The molecular weight excluding hydrogens is 327 g/mol. The van der Waals surface area contributed by atoms with Crippen molar-refractivity contribution in [2.75, 3.05) is 7.11 Å². The van der Waals surface area contributed by atoms with Gasteiger partial charge in [-0.25, -0.2) is 4.39 Å². The molecule has 1 N–H and O–H groups in total. The number of methoxy groups -OCH3 is 1. The first-order valence-electron chi connectivity index (χ1n) is 6.20. The van der Waals surface area contributed by atoms with E-state index in [1.165, 1.54) is 19.4 Å². The molecule has 0 saturated carbocycles. The summed E-state index contributed by atoms with van der Waals surface area (Å²) in [5, 5.41) is 14.7. The second-order valence-electron chi connectivity index (χ2n) is 4.70. The summed E-state index contributed by atoms with van der Waals surface area (Å²) < 4.78 is 21.5. The largest absolute Gasteiger partial charge is 0.493 e. The molecule has 0 aliphatic heterocycles. The standard InChI is InChI=1S/C14H16BrFN2O2/c1-8(2)18-13(12(20-3)7-17-18)14(19)10-6-9(15)4-5-11(10)16/h4-8,14,19H,1-3H3. The highest BCUT2D eigenvalue weighted by Crippen LogP contribution is 2.33. The van der Waals surface area contributed by atoms with Gasteiger partial charge in [-0.2, -0.15) is 5.10 Å². The molecule has 20 heavy (non-hydrogen) atoms. The minimum Gasteiger partial charge on any atom is -0.493 e. The molecule has 6 heteroatoms. The molecule has 2 rings (SSSR count). The second kappa shape index (κ2) is 5.93. The molecule has 1 atom stereocenters. The number of nitrogens with zero attached hydrogens (tertiary/aromatic N) is 2. The van der Waals surface area contributed by atoms with Gasteiger partial charge in [0, 0.05) is 16.1 Å². The van der Waals surface area contributed by atoms with Crippen LogP contribution in [-0.2, 0) is 0 Å². The van der Waals surface area contributed by atoms with E-state index in [4.69, 9.17) is 4.74 Å². The summed E-state index contributed by atoms with van der Waals surface area (Å²) in [6.07, 6.45) is 0.376. The Morgan fingerprint density at radius 3 is 2.70 bits per heavy atom. The van der Waals surface area contributed by atoms with E-state index in [-0.39, 0.29) is 11.6 Å². The first-order chi connectivity index (χ1) is 9.45. The quantitative estimate of drug-likeness (QED) is 0.925. The molecule has 0 amide bonds. The van der Waals surface area contributed by atoms with E-state index in [1.54, 1.807) is 16.8 Å². The van der Waals surface area contributed by atoms with Crippen LogP contribution in [0.3, 0.4) is 0 Å². The van der Waals surface area contributed by atoms with Crippen LogP contribution in [0.4, 0.5) is 4.39 Å². The number of hydrogen-bond donors (Lipinski definition) is 1. The molecule has 0 radical (unpaired) electrons. The molecule has 1 aromatic carbocycles. The van der Waals surface area contributed by atoms with Crippen LogP contribution in [0.2, 0.25) is 0 Å². The Balaban J connectivity index is 2.55. The molecule has 108 valence electrons. The molecule has 1 unspecified atom stereocenters. The third-order valence-electron chi connectivity index (χ3n) is 3.02. The second-order valence-corrected chi connectivity index (χ2v) is 5.62. The van der Waals surface area contributed by atoms with Gasteiger partial charge in [0.15, 0.2) is 5.75 Å². The summed E-state index contributed by atoms with van der Waals surface area (Å²) in [6, 6.07) is 4.48. The van der Waals surface area contributed by atoms with Crippen LogP contribution in [0.1, 0.15) is 37.3 Å². The molecular formula is C14H16BrFN2O2. The average molecular weight is 343 g/mol. The van der Waals surface area contributed by atoms with Gasteiger partial charge in [0.2, 0.25) is 0 Å². The lowest BCUT2D eigenvalue weighted by Crippen LogP contribution is -2.14. The fraction of sp³-hybridized carbons (Fsp3) is 0.357. The van der Waals surface area contributed by atoms with Crippen molar-refractivity contribution in [3.8, 4) is 5.75 Å². The van der Waals surface area contributed by atoms with Crippen molar-refractivity contribution in [3.05, 3.63) is 45.9 Å². The van der Waals surface area contributed by atoms with E-state index in [9.17, 15) is 9.50 Å². The smallest absolute Gasteiger partial charge is 0.163 e. The zero-order chi connectivity index (χ0) is 14.9. The van der Waals surface area contributed by atoms with Crippen molar-refractivity contribution in [2.24, 2.45) is 0 Å². The monoisotopic (exact) mass is 342 g/mol. The topological polar surface area (TPSA) is 47.3 Å². The SMILES string of the molecule is COc1cnn(C(C)C)c1C(O)c1cc(Br)ccc1F. The minimum atomic E-state index is -1.15. The molecule has 0 aliphatic carbocycles. The molecule has 0 fully saturated rings. The van der Waals surface area contributed by atoms with Gasteiger partial charge in [0.1, 0.15) is 17.6 Å². The van der Waals surface area contributed by atoms with Gasteiger partial charge < -0.3 is 9.84 Å². The van der Waals surface area contributed by atoms with Crippen LogP contribution in [0.15, 0.2) is 28.9 Å². The number of halogens is 2. The predicted octanol–water partition coefficient (Wildman–Crippen LogP) is 3.46. The van der Waals surface area contributed by atoms with Crippen molar-refractivity contribution in [1.82, 2.24) is 9.78 Å². The fourth-order valence-electron chi connectivity index (χ4n) is 2.06. The van der Waals surface area contributed by atoms with E-state index in [2.05, 4.69) is 21.0 Å². The molecule has 4 nitrogen and oxygen atoms in total. The fourth-order valence-corrected chi connectivity index (χ4v) is 2.43. The molecule has 0 aliphatic rings. The Morgan fingerprint density at radius 1 is 1.40 bits per heavy atom. The van der Waals surface area contributed by atoms with Crippen molar-refractivity contribution in [3.63, 3.8) is 0 Å². The maximum Gasteiger partial charge on any atom is 0.163 e. The van der Waals surface area contributed by atoms with E-state index >= 15 is 0 Å². The molecule has 1 heterocycles. The lowest BCUT2D eigenvalue weighted by atomic mass is 10.1. The van der Waals surface area contributed by atoms with E-state index in [0.717, 1.165) is 0 Å². The Morgan fingerprint density at radius 2 is 2.10 bits per heavy atom. The van der Waals surface area contributed by atoms with Gasteiger partial charge in [-0.15, -0.1) is 0 Å². The van der Waals surface area contributed by atoms with Crippen LogP contribution in [-0.4, -0.2) is 22.0 Å². The Labute approximate surface area is 125 Å². The van der Waals surface area contributed by atoms with Crippen molar-refractivity contribution in [2.45, 2.75) is 26.0 Å². The van der Waals surface area contributed by atoms with Crippen molar-refractivity contribution >= 4 is 15.9 Å². The normalized spacial score (nSPS) is 12.8. The highest BCUT2D eigenvalue weighted by molar-refractivity contribution is 9.10. The summed E-state index contributed by atoms with van der Waals surface area (Å²) in [6.45, 7) is 3.86. The number of rotatable bonds is 4. The van der Waals surface area contributed by atoms with Crippen LogP contribution in [0, 0.1) is 5.82 Å². The summed E-state index contributed by atoms with van der Waals surface area (Å²) in [5.74, 6) is -0.0372. The van der Waals surface area contributed by atoms with E-state index in [1.807, 2.05) is 13.8 Å². The zero-order valence-corrected chi connectivity index (χ0v) is 13.1. The zero-order valence-electron chi connectivity index (χ0n) is 11.5. The lowest BCUT2D eigenvalue weighted by Gasteiger charge is -2.18. The summed E-state index contributed by atoms with van der Waals surface area (Å²) in [4.78, 5) is 0. The highest BCUT2D eigenvalue weighted by atomic mass is 79.9. The van der Waals surface area contributed by atoms with Gasteiger partial charge in [-0.1, -0.05) is 15.9 Å². The Hall–Kier alpha value is -1.40. The van der Waals surface area contributed by atoms with Crippen molar-refractivity contribution in [1.29, 1.82) is 0 Å². The minimum absolute atomic E-state index is 0.0266. The van der Waals surface area contributed by atoms with Crippen LogP contribution < -0.4 is 4.74 Å². The number of aromatic nitrogens is 2. The van der Waals surface area contributed by atoms with Gasteiger partial charge in [-0.3, -0.25) is 4.68 Å². The molecule has 0 spiro atoms. The first-order valence-corrected chi connectivity index (χ1v) is 6.99. The van der Waals surface area contributed by atoms with Crippen LogP contribution in [0.5, 0.6) is 5.75 Å². The van der Waals surface area contributed by atoms with Gasteiger partial charge >= 0.3 is 0 Å². The average Bonchev–Trinajstić information content (AvgIpc) is 2.84. The molecule has 0 saturated heterocycles. The maximum atomic E-state index is 13.9. The van der Waals surface area contributed by atoms with E-state index in [0.29, 0.717) is 15.9 Å². The first kappa shape index (κ1) is 15.0. The third-order valence-corrected chi connectivity index (χ3v) is 3.51. The molecule has 1 aromatic heterocycles.